The van der Waals surface area contributed by atoms with Crippen molar-refractivity contribution >= 4 is 11.9 Å². The van der Waals surface area contributed by atoms with Gasteiger partial charge in [0.25, 0.3) is 0 Å². The summed E-state index contributed by atoms with van der Waals surface area (Å²) in [6.45, 7) is 3.52. The number of nitrogens with one attached hydrogen (secondary N) is 1. The molecule has 5 heteroatoms. The van der Waals surface area contributed by atoms with Gasteiger partial charge in [-0.25, -0.2) is 0 Å². The summed E-state index contributed by atoms with van der Waals surface area (Å²) in [5.41, 5.74) is 0.995. The van der Waals surface area contributed by atoms with E-state index >= 15 is 0 Å². The summed E-state index contributed by atoms with van der Waals surface area (Å²) in [5.74, 6) is -0.301. The number of ether oxygens (including phenoxy) is 1. The number of benzene rings is 1. The van der Waals surface area contributed by atoms with Crippen LogP contribution in [0.2, 0.25) is 0 Å². The third-order valence-corrected chi connectivity index (χ3v) is 3.78. The molecule has 1 aliphatic heterocycles. The van der Waals surface area contributed by atoms with Crippen molar-refractivity contribution in [3.8, 4) is 0 Å². The molecule has 0 atom stereocenters. The van der Waals surface area contributed by atoms with Gasteiger partial charge in [-0.2, -0.15) is 0 Å². The number of hydrogen-bond donors (Lipinski definition) is 1. The highest BCUT2D eigenvalue weighted by molar-refractivity contribution is 5.92. The Morgan fingerprint density at radius 3 is 2.48 bits per heavy atom. The van der Waals surface area contributed by atoms with Crippen LogP contribution in [0.5, 0.6) is 0 Å². The van der Waals surface area contributed by atoms with Crippen molar-refractivity contribution in [2.45, 2.75) is 25.3 Å². The highest BCUT2D eigenvalue weighted by Gasteiger charge is 2.53. The summed E-state index contributed by atoms with van der Waals surface area (Å²) in [6, 6.07) is 10.3. The maximum Gasteiger partial charge on any atom is 0.325 e. The van der Waals surface area contributed by atoms with Crippen molar-refractivity contribution in [3.05, 3.63) is 35.9 Å². The second-order valence-electron chi connectivity index (χ2n) is 5.47. The third-order valence-electron chi connectivity index (χ3n) is 3.78. The number of carbonyl (C=O) groups excluding carboxylic acids is 2. The summed E-state index contributed by atoms with van der Waals surface area (Å²) in [5, 5.41) is 3.20. The van der Waals surface area contributed by atoms with Gasteiger partial charge in [-0.05, 0) is 19.8 Å². The van der Waals surface area contributed by atoms with Gasteiger partial charge in [0.1, 0.15) is 6.54 Å². The molecule has 1 saturated carbocycles. The average Bonchev–Trinajstić information content (AvgIpc) is 3.26. The SMILES string of the molecule is COC(=O)CN1CCNC2(CC2)C1=O.Cc1ccccc1. The van der Waals surface area contributed by atoms with Crippen LogP contribution in [0, 0.1) is 6.92 Å². The summed E-state index contributed by atoms with van der Waals surface area (Å²) < 4.78 is 4.54. The molecule has 3 rings (SSSR count). The van der Waals surface area contributed by atoms with E-state index in [2.05, 4.69) is 29.1 Å². The van der Waals surface area contributed by atoms with E-state index in [4.69, 9.17) is 0 Å². The molecule has 0 radical (unpaired) electrons. The van der Waals surface area contributed by atoms with Crippen LogP contribution in [-0.4, -0.2) is 49.1 Å². The molecular weight excluding hydrogens is 268 g/mol. The number of esters is 1. The molecule has 2 fully saturated rings. The van der Waals surface area contributed by atoms with Gasteiger partial charge in [0.2, 0.25) is 5.91 Å². The number of aryl methyl sites for hydroxylation is 1. The fourth-order valence-electron chi connectivity index (χ4n) is 2.33. The normalized spacial score (nSPS) is 18.8. The molecule has 1 aromatic carbocycles. The van der Waals surface area contributed by atoms with E-state index in [0.29, 0.717) is 6.54 Å². The maximum atomic E-state index is 11.8. The summed E-state index contributed by atoms with van der Waals surface area (Å²) in [4.78, 5) is 24.4. The molecule has 1 amide bonds. The zero-order chi connectivity index (χ0) is 15.3. The first-order chi connectivity index (χ1) is 10.1. The second-order valence-corrected chi connectivity index (χ2v) is 5.47. The minimum atomic E-state index is -0.351. The summed E-state index contributed by atoms with van der Waals surface area (Å²) in [6.07, 6.45) is 1.78. The van der Waals surface area contributed by atoms with Gasteiger partial charge in [0.15, 0.2) is 0 Å². The molecule has 114 valence electrons. The second kappa shape index (κ2) is 6.72. The number of piperazine rings is 1. The lowest BCUT2D eigenvalue weighted by Crippen LogP contribution is -2.57. The van der Waals surface area contributed by atoms with Crippen molar-refractivity contribution in [3.63, 3.8) is 0 Å². The molecular formula is C16H22N2O3. The van der Waals surface area contributed by atoms with Crippen LogP contribution in [-0.2, 0) is 14.3 Å². The van der Waals surface area contributed by atoms with Crippen LogP contribution < -0.4 is 5.32 Å². The van der Waals surface area contributed by atoms with Gasteiger partial charge in [-0.1, -0.05) is 35.9 Å². The summed E-state index contributed by atoms with van der Waals surface area (Å²) in [7, 11) is 1.34. The van der Waals surface area contributed by atoms with Crippen molar-refractivity contribution in [1.29, 1.82) is 0 Å². The Balaban J connectivity index is 0.000000194. The fraction of sp³-hybridized carbons (Fsp3) is 0.500. The fourth-order valence-corrected chi connectivity index (χ4v) is 2.33. The minimum Gasteiger partial charge on any atom is -0.468 e. The highest BCUT2D eigenvalue weighted by Crippen LogP contribution is 2.38. The predicted octanol–water partition coefficient (Wildman–Crippen LogP) is 1.12. The van der Waals surface area contributed by atoms with Crippen LogP contribution in [0.25, 0.3) is 0 Å². The Bertz CT molecular complexity index is 498. The van der Waals surface area contributed by atoms with Crippen molar-refractivity contribution in [2.75, 3.05) is 26.7 Å². The number of amides is 1. The Morgan fingerprint density at radius 2 is 2.00 bits per heavy atom. The number of carbonyl (C=O) groups is 2. The van der Waals surface area contributed by atoms with E-state index in [9.17, 15) is 9.59 Å². The molecule has 1 N–H and O–H groups in total. The smallest absolute Gasteiger partial charge is 0.325 e. The standard InChI is InChI=1S/C9H14N2O3.C7H8/c1-14-7(12)6-11-5-4-10-9(2-3-9)8(11)13;1-7-5-3-2-4-6-7/h10H,2-6H2,1H3;2-6H,1H3. The van der Waals surface area contributed by atoms with E-state index < -0.39 is 0 Å². The average molecular weight is 290 g/mol. The molecule has 1 aromatic rings. The number of hydrogen-bond acceptors (Lipinski definition) is 4. The lowest BCUT2D eigenvalue weighted by atomic mass is 10.1. The molecule has 0 aromatic heterocycles. The lowest BCUT2D eigenvalue weighted by Gasteiger charge is -2.32. The van der Waals surface area contributed by atoms with Gasteiger partial charge in [0.05, 0.1) is 12.6 Å². The van der Waals surface area contributed by atoms with Gasteiger partial charge in [-0.15, -0.1) is 0 Å². The molecule has 0 bridgehead atoms. The van der Waals surface area contributed by atoms with E-state index in [1.807, 2.05) is 18.2 Å². The van der Waals surface area contributed by atoms with Crippen LogP contribution in [0.3, 0.4) is 0 Å². The minimum absolute atomic E-state index is 0.0501. The topological polar surface area (TPSA) is 58.6 Å². The molecule has 0 unspecified atom stereocenters. The summed E-state index contributed by atoms with van der Waals surface area (Å²) >= 11 is 0. The Labute approximate surface area is 125 Å². The van der Waals surface area contributed by atoms with Crippen LogP contribution in [0.4, 0.5) is 0 Å². The molecule has 5 nitrogen and oxygen atoms in total. The van der Waals surface area contributed by atoms with Crippen molar-refractivity contribution in [2.24, 2.45) is 0 Å². The van der Waals surface area contributed by atoms with Gasteiger partial charge in [0, 0.05) is 13.1 Å². The van der Waals surface area contributed by atoms with Crippen LogP contribution in [0.1, 0.15) is 18.4 Å². The third kappa shape index (κ3) is 4.04. The molecule has 1 aliphatic carbocycles. The Morgan fingerprint density at radius 1 is 1.33 bits per heavy atom. The quantitative estimate of drug-likeness (QED) is 0.829. The van der Waals surface area contributed by atoms with Gasteiger partial charge < -0.3 is 15.0 Å². The first-order valence-corrected chi connectivity index (χ1v) is 7.20. The predicted molar refractivity (Wildman–Crippen MR) is 79.7 cm³/mol. The first-order valence-electron chi connectivity index (χ1n) is 7.20. The van der Waals surface area contributed by atoms with E-state index in [1.165, 1.54) is 12.7 Å². The molecule has 21 heavy (non-hydrogen) atoms. The maximum absolute atomic E-state index is 11.8. The van der Waals surface area contributed by atoms with Crippen molar-refractivity contribution < 1.29 is 14.3 Å². The van der Waals surface area contributed by atoms with E-state index in [0.717, 1.165) is 19.4 Å². The lowest BCUT2D eigenvalue weighted by molar-refractivity contribution is -0.149. The van der Waals surface area contributed by atoms with Gasteiger partial charge in [-0.3, -0.25) is 9.59 Å². The molecule has 1 saturated heterocycles. The van der Waals surface area contributed by atoms with Crippen molar-refractivity contribution in [1.82, 2.24) is 10.2 Å². The van der Waals surface area contributed by atoms with Gasteiger partial charge >= 0.3 is 5.97 Å². The zero-order valence-corrected chi connectivity index (χ0v) is 12.6. The van der Waals surface area contributed by atoms with Crippen LogP contribution >= 0.6 is 0 Å². The molecule has 2 aliphatic rings. The largest absolute Gasteiger partial charge is 0.468 e. The first kappa shape index (κ1) is 15.5. The highest BCUT2D eigenvalue weighted by atomic mass is 16.5. The van der Waals surface area contributed by atoms with E-state index in [1.54, 1.807) is 4.90 Å². The van der Waals surface area contributed by atoms with Crippen LogP contribution in [0.15, 0.2) is 30.3 Å². The Hall–Kier alpha value is -1.88. The molecule has 1 heterocycles. The number of rotatable bonds is 2. The monoisotopic (exact) mass is 290 g/mol. The number of nitrogens with zero attached hydrogens (tertiary/aromatic N) is 1. The number of methoxy groups -OCH3 is 1. The van der Waals surface area contributed by atoms with E-state index in [-0.39, 0.29) is 24.0 Å². The Kier molecular flexibility index (Phi) is 4.96. The molecule has 1 spiro atoms. The zero-order valence-electron chi connectivity index (χ0n) is 12.6.